The number of allylic oxidation sites excluding steroid dienone is 3. The van der Waals surface area contributed by atoms with Gasteiger partial charge in [-0.05, 0) is 43.7 Å². The molecule has 0 saturated heterocycles. The van der Waals surface area contributed by atoms with Crippen LogP contribution < -0.4 is 5.73 Å². The van der Waals surface area contributed by atoms with Crippen LogP contribution in [0.2, 0.25) is 0 Å². The fraction of sp³-hybridized carbons (Fsp3) is 0.200. The predicted molar refractivity (Wildman–Crippen MR) is 123 cm³/mol. The lowest BCUT2D eigenvalue weighted by Gasteiger charge is -2.29. The zero-order chi connectivity index (χ0) is 22.7. The number of hydrogen-bond acceptors (Lipinski definition) is 6. The number of benzene rings is 1. The van der Waals surface area contributed by atoms with Crippen molar-refractivity contribution in [3.05, 3.63) is 101 Å². The van der Waals surface area contributed by atoms with Gasteiger partial charge in [0.25, 0.3) is 0 Å². The van der Waals surface area contributed by atoms with Crippen molar-refractivity contribution in [1.82, 2.24) is 14.5 Å². The van der Waals surface area contributed by atoms with Gasteiger partial charge in [0.1, 0.15) is 23.2 Å². The maximum atomic E-state index is 9.93. The van der Waals surface area contributed by atoms with Crippen LogP contribution in [0.25, 0.3) is 5.69 Å². The Labute approximate surface area is 187 Å². The number of imidazole rings is 1. The Morgan fingerprint density at radius 1 is 1.16 bits per heavy atom. The number of nitriles is 1. The fourth-order valence-electron chi connectivity index (χ4n) is 4.03. The summed E-state index contributed by atoms with van der Waals surface area (Å²) in [4.78, 5) is 13.3. The molecule has 0 spiro atoms. The standard InChI is InChI=1S/C25H24N6O/c1-16-23(22(28-3)14-19-6-4-5-11-30-19)24(21(15-26)25(27)32-16)18-7-9-20(10-8-18)31-13-12-29-17(31)2/h4-13,24H,14,27H2,1-3H3. The van der Waals surface area contributed by atoms with E-state index in [4.69, 9.17) is 10.5 Å². The van der Waals surface area contributed by atoms with Crippen molar-refractivity contribution >= 4 is 5.71 Å². The first-order valence-corrected chi connectivity index (χ1v) is 10.3. The topological polar surface area (TPSA) is 102 Å². The smallest absolute Gasteiger partial charge is 0.205 e. The van der Waals surface area contributed by atoms with E-state index in [1.807, 2.05) is 67.1 Å². The molecule has 1 atom stereocenters. The van der Waals surface area contributed by atoms with Gasteiger partial charge in [-0.3, -0.25) is 9.98 Å². The van der Waals surface area contributed by atoms with Crippen LogP contribution in [0, 0.1) is 18.3 Å². The largest absolute Gasteiger partial charge is 0.445 e. The summed E-state index contributed by atoms with van der Waals surface area (Å²) in [7, 11) is 1.74. The molecule has 1 unspecified atom stereocenters. The average molecular weight is 425 g/mol. The first-order valence-electron chi connectivity index (χ1n) is 10.3. The highest BCUT2D eigenvalue weighted by Crippen LogP contribution is 2.40. The van der Waals surface area contributed by atoms with Gasteiger partial charge in [0.05, 0.1) is 5.92 Å². The molecule has 7 nitrogen and oxygen atoms in total. The van der Waals surface area contributed by atoms with Crippen LogP contribution in [0.4, 0.5) is 0 Å². The molecule has 0 fully saturated rings. The molecule has 0 bridgehead atoms. The van der Waals surface area contributed by atoms with Crippen LogP contribution in [0.1, 0.15) is 29.9 Å². The van der Waals surface area contributed by atoms with E-state index in [1.54, 1.807) is 19.4 Å². The maximum Gasteiger partial charge on any atom is 0.205 e. The van der Waals surface area contributed by atoms with Crippen molar-refractivity contribution in [3.63, 3.8) is 0 Å². The Morgan fingerprint density at radius 3 is 2.53 bits per heavy atom. The summed E-state index contributed by atoms with van der Waals surface area (Å²) in [5, 5.41) is 9.93. The maximum absolute atomic E-state index is 9.93. The van der Waals surface area contributed by atoms with E-state index in [2.05, 4.69) is 21.0 Å². The minimum absolute atomic E-state index is 0.126. The summed E-state index contributed by atoms with van der Waals surface area (Å²) in [5.74, 6) is 1.28. The van der Waals surface area contributed by atoms with Crippen LogP contribution in [0.15, 0.2) is 88.8 Å². The second-order valence-electron chi connectivity index (χ2n) is 7.50. The summed E-state index contributed by atoms with van der Waals surface area (Å²) >= 11 is 0. The lowest BCUT2D eigenvalue weighted by Crippen LogP contribution is -2.25. The van der Waals surface area contributed by atoms with E-state index < -0.39 is 0 Å². The van der Waals surface area contributed by atoms with E-state index >= 15 is 0 Å². The molecule has 2 N–H and O–H groups in total. The molecule has 4 rings (SSSR count). The van der Waals surface area contributed by atoms with E-state index in [0.29, 0.717) is 17.8 Å². The highest BCUT2D eigenvalue weighted by Gasteiger charge is 2.34. The Kier molecular flexibility index (Phi) is 5.86. The molecular formula is C25H24N6O. The lowest BCUT2D eigenvalue weighted by molar-refractivity contribution is 0.283. The zero-order valence-electron chi connectivity index (χ0n) is 18.3. The van der Waals surface area contributed by atoms with Crippen LogP contribution in [0.3, 0.4) is 0 Å². The lowest BCUT2D eigenvalue weighted by atomic mass is 9.80. The molecule has 32 heavy (non-hydrogen) atoms. The number of hydrogen-bond donors (Lipinski definition) is 1. The molecule has 3 heterocycles. The van der Waals surface area contributed by atoms with E-state index in [-0.39, 0.29) is 11.8 Å². The van der Waals surface area contributed by atoms with Gasteiger partial charge in [0.15, 0.2) is 0 Å². The molecule has 0 amide bonds. The minimum atomic E-state index is -0.380. The normalized spacial score (nSPS) is 16.7. The third-order valence-electron chi connectivity index (χ3n) is 5.59. The molecule has 1 aliphatic heterocycles. The van der Waals surface area contributed by atoms with Crippen molar-refractivity contribution in [3.8, 4) is 11.8 Å². The number of rotatable bonds is 5. The monoisotopic (exact) mass is 424 g/mol. The number of pyridine rings is 1. The van der Waals surface area contributed by atoms with Gasteiger partial charge in [-0.1, -0.05) is 18.2 Å². The van der Waals surface area contributed by atoms with Gasteiger partial charge in [0.2, 0.25) is 5.88 Å². The molecule has 1 aliphatic rings. The molecule has 0 saturated carbocycles. The third kappa shape index (κ3) is 3.91. The van der Waals surface area contributed by atoms with Crippen LogP contribution in [0.5, 0.6) is 0 Å². The number of nitrogens with zero attached hydrogens (tertiary/aromatic N) is 5. The predicted octanol–water partition coefficient (Wildman–Crippen LogP) is 3.97. The Bertz CT molecular complexity index is 1260. The second-order valence-corrected chi connectivity index (χ2v) is 7.50. The summed E-state index contributed by atoms with van der Waals surface area (Å²) in [5.41, 5.74) is 11.0. The van der Waals surface area contributed by atoms with E-state index in [0.717, 1.165) is 34.1 Å². The van der Waals surface area contributed by atoms with Crippen molar-refractivity contribution in [2.75, 3.05) is 7.05 Å². The van der Waals surface area contributed by atoms with Crippen molar-refractivity contribution in [2.45, 2.75) is 26.2 Å². The Balaban J connectivity index is 1.78. The summed E-state index contributed by atoms with van der Waals surface area (Å²) in [6, 6.07) is 16.1. The van der Waals surface area contributed by atoms with Crippen LogP contribution in [-0.2, 0) is 11.2 Å². The van der Waals surface area contributed by atoms with Crippen LogP contribution in [-0.4, -0.2) is 27.3 Å². The molecule has 0 aliphatic carbocycles. The number of ether oxygens (including phenoxy) is 1. The van der Waals surface area contributed by atoms with Crippen molar-refractivity contribution in [2.24, 2.45) is 10.7 Å². The molecule has 1 aromatic carbocycles. The van der Waals surface area contributed by atoms with Gasteiger partial charge in [-0.15, -0.1) is 0 Å². The van der Waals surface area contributed by atoms with Crippen molar-refractivity contribution in [1.29, 1.82) is 5.26 Å². The first-order chi connectivity index (χ1) is 15.5. The van der Waals surface area contributed by atoms with E-state index in [9.17, 15) is 5.26 Å². The summed E-state index contributed by atoms with van der Waals surface area (Å²) in [6.45, 7) is 3.81. The Hall–Kier alpha value is -4.18. The summed E-state index contributed by atoms with van der Waals surface area (Å²) < 4.78 is 7.78. The van der Waals surface area contributed by atoms with Gasteiger partial charge in [-0.2, -0.15) is 5.26 Å². The number of aryl methyl sites for hydroxylation is 1. The molecule has 7 heteroatoms. The van der Waals surface area contributed by atoms with Gasteiger partial charge >= 0.3 is 0 Å². The van der Waals surface area contributed by atoms with E-state index in [1.165, 1.54) is 0 Å². The molecule has 0 radical (unpaired) electrons. The van der Waals surface area contributed by atoms with Crippen LogP contribution >= 0.6 is 0 Å². The number of nitrogens with two attached hydrogens (primary N) is 1. The third-order valence-corrected chi connectivity index (χ3v) is 5.59. The number of aliphatic imine (C=N–C) groups is 1. The average Bonchev–Trinajstić information content (AvgIpc) is 3.24. The molecule has 3 aromatic rings. The first kappa shape index (κ1) is 21.1. The summed E-state index contributed by atoms with van der Waals surface area (Å²) in [6.07, 6.45) is 5.97. The second kappa shape index (κ2) is 8.90. The fourth-order valence-corrected chi connectivity index (χ4v) is 4.03. The Morgan fingerprint density at radius 2 is 1.94 bits per heavy atom. The number of aromatic nitrogens is 3. The quantitative estimate of drug-likeness (QED) is 0.625. The highest BCUT2D eigenvalue weighted by molar-refractivity contribution is 6.04. The minimum Gasteiger partial charge on any atom is -0.445 e. The van der Waals surface area contributed by atoms with Gasteiger partial charge < -0.3 is 15.0 Å². The molecule has 2 aromatic heterocycles. The van der Waals surface area contributed by atoms with Crippen molar-refractivity contribution < 1.29 is 4.74 Å². The van der Waals surface area contributed by atoms with Gasteiger partial charge in [0, 0.05) is 54.7 Å². The zero-order valence-corrected chi connectivity index (χ0v) is 18.3. The molecule has 160 valence electrons. The SMILES string of the molecule is CN=C(Cc1ccccn1)C1=C(C)OC(N)=C(C#N)C1c1ccc(-n2ccnc2C)cc1. The molecular weight excluding hydrogens is 400 g/mol. The van der Waals surface area contributed by atoms with Gasteiger partial charge in [-0.25, -0.2) is 4.98 Å². The highest BCUT2D eigenvalue weighted by atomic mass is 16.5.